The van der Waals surface area contributed by atoms with Gasteiger partial charge < -0.3 is 10.4 Å². The van der Waals surface area contributed by atoms with Gasteiger partial charge in [0.05, 0.1) is 0 Å². The lowest BCUT2D eigenvalue weighted by Crippen LogP contribution is -2.41. The molecule has 2 N–H and O–H groups in total. The monoisotopic (exact) mass is 273 g/mol. The fourth-order valence-electron chi connectivity index (χ4n) is 1.58. The van der Waals surface area contributed by atoms with Crippen LogP contribution in [0.2, 0.25) is 0 Å². The highest BCUT2D eigenvalue weighted by Crippen LogP contribution is 2.19. The summed E-state index contributed by atoms with van der Waals surface area (Å²) in [7, 11) is 0. The van der Waals surface area contributed by atoms with Crippen LogP contribution in [-0.4, -0.2) is 23.7 Å². The number of benzene rings is 1. The van der Waals surface area contributed by atoms with Crippen LogP contribution in [0.15, 0.2) is 18.2 Å². The number of hydrogen-bond acceptors (Lipinski definition) is 2. The Kier molecular flexibility index (Phi) is 5.35. The summed E-state index contributed by atoms with van der Waals surface area (Å²) in [5.41, 5.74) is 2.42. The molecule has 0 aromatic heterocycles. The van der Waals surface area contributed by atoms with Gasteiger partial charge in [-0.15, -0.1) is 0 Å². The van der Waals surface area contributed by atoms with Crippen molar-refractivity contribution in [1.29, 1.82) is 0 Å². The Morgan fingerprint density at radius 3 is 2.55 bits per heavy atom. The fraction of sp³-hybridized carbons (Fsp3) is 0.471. The number of hydrogen-bond donors (Lipinski definition) is 2. The van der Waals surface area contributed by atoms with E-state index >= 15 is 0 Å². The van der Waals surface area contributed by atoms with Gasteiger partial charge in [-0.3, -0.25) is 4.79 Å². The minimum absolute atomic E-state index is 0.0250. The first kappa shape index (κ1) is 16.3. The normalized spacial score (nSPS) is 12.3. The number of nitrogens with one attached hydrogen (secondary N) is 1. The zero-order valence-electron chi connectivity index (χ0n) is 12.9. The van der Waals surface area contributed by atoms with Gasteiger partial charge >= 0.3 is 0 Å². The molecule has 0 fully saturated rings. The van der Waals surface area contributed by atoms with Gasteiger partial charge in [-0.25, -0.2) is 0 Å². The Hall–Kier alpha value is -1.79. The van der Waals surface area contributed by atoms with Gasteiger partial charge in [-0.1, -0.05) is 32.6 Å². The summed E-state index contributed by atoms with van der Waals surface area (Å²) in [6.07, 6.45) is 0. The molecule has 0 aliphatic rings. The van der Waals surface area contributed by atoms with Gasteiger partial charge in [-0.05, 0) is 43.0 Å². The highest BCUT2D eigenvalue weighted by molar-refractivity contribution is 5.94. The molecule has 1 amide bonds. The minimum Gasteiger partial charge on any atom is -0.384 e. The highest BCUT2D eigenvalue weighted by atomic mass is 16.2. The summed E-state index contributed by atoms with van der Waals surface area (Å²) in [6, 6.07) is 5.49. The second-order valence-electron chi connectivity index (χ2n) is 6.05. The number of carbonyl (C=O) groups is 1. The maximum absolute atomic E-state index is 12.2. The molecule has 20 heavy (non-hydrogen) atoms. The van der Waals surface area contributed by atoms with E-state index in [-0.39, 0.29) is 24.0 Å². The quantitative estimate of drug-likeness (QED) is 0.813. The summed E-state index contributed by atoms with van der Waals surface area (Å²) in [5, 5.41) is 11.7. The number of amides is 1. The Morgan fingerprint density at radius 1 is 1.40 bits per heavy atom. The van der Waals surface area contributed by atoms with Crippen LogP contribution in [0.3, 0.4) is 0 Å². The molecule has 0 saturated carbocycles. The Morgan fingerprint density at radius 2 is 2.05 bits per heavy atom. The van der Waals surface area contributed by atoms with Crippen LogP contribution in [-0.2, 0) is 0 Å². The van der Waals surface area contributed by atoms with Crippen molar-refractivity contribution in [1.82, 2.24) is 5.32 Å². The molecule has 1 aromatic carbocycles. The minimum atomic E-state index is -0.162. The zero-order valence-corrected chi connectivity index (χ0v) is 12.9. The molecule has 1 unspecified atom stereocenters. The lowest BCUT2D eigenvalue weighted by Gasteiger charge is -2.28. The number of aryl methyl sites for hydroxylation is 1. The highest BCUT2D eigenvalue weighted by Gasteiger charge is 2.22. The predicted octanol–water partition coefficient (Wildman–Crippen LogP) is 2.50. The van der Waals surface area contributed by atoms with E-state index in [1.165, 1.54) is 0 Å². The van der Waals surface area contributed by atoms with Gasteiger partial charge in [0.1, 0.15) is 6.61 Å². The van der Waals surface area contributed by atoms with Crippen molar-refractivity contribution in [2.24, 2.45) is 5.41 Å². The van der Waals surface area contributed by atoms with Crippen LogP contribution in [0.25, 0.3) is 0 Å². The van der Waals surface area contributed by atoms with Crippen LogP contribution in [0.1, 0.15) is 49.2 Å². The van der Waals surface area contributed by atoms with Crippen LogP contribution < -0.4 is 5.32 Å². The Labute approximate surface area is 121 Å². The third-order valence-corrected chi connectivity index (χ3v) is 3.44. The van der Waals surface area contributed by atoms with E-state index in [1.54, 1.807) is 6.07 Å². The maximum Gasteiger partial charge on any atom is 0.251 e. The van der Waals surface area contributed by atoms with Crippen molar-refractivity contribution in [3.8, 4) is 11.8 Å². The summed E-state index contributed by atoms with van der Waals surface area (Å²) in [5.74, 6) is 5.40. The Balaban J connectivity index is 2.88. The second-order valence-corrected chi connectivity index (χ2v) is 6.05. The molecule has 0 aliphatic carbocycles. The molecular weight excluding hydrogens is 250 g/mol. The van der Waals surface area contributed by atoms with E-state index in [2.05, 4.69) is 37.9 Å². The molecule has 0 heterocycles. The van der Waals surface area contributed by atoms with E-state index in [4.69, 9.17) is 5.11 Å². The third kappa shape index (κ3) is 4.40. The van der Waals surface area contributed by atoms with Crippen molar-refractivity contribution >= 4 is 5.91 Å². The van der Waals surface area contributed by atoms with E-state index in [0.29, 0.717) is 5.56 Å². The average molecular weight is 273 g/mol. The van der Waals surface area contributed by atoms with Gasteiger partial charge in [0.25, 0.3) is 5.91 Å². The van der Waals surface area contributed by atoms with Gasteiger partial charge in [0.2, 0.25) is 0 Å². The van der Waals surface area contributed by atoms with Crippen LogP contribution >= 0.6 is 0 Å². The number of carbonyl (C=O) groups excluding carboxylic acids is 1. The SMILES string of the molecule is Cc1cc(C(=O)NC(C)C(C)(C)C)ccc1C#CCO. The first-order valence-electron chi connectivity index (χ1n) is 6.77. The van der Waals surface area contributed by atoms with E-state index in [0.717, 1.165) is 11.1 Å². The molecular formula is C17H23NO2. The van der Waals surface area contributed by atoms with Gasteiger partial charge in [0.15, 0.2) is 0 Å². The summed E-state index contributed by atoms with van der Waals surface area (Å²) in [6.45, 7) is 10.0. The molecule has 1 rings (SSSR count). The molecule has 0 saturated heterocycles. The molecule has 0 aliphatic heterocycles. The lowest BCUT2D eigenvalue weighted by atomic mass is 9.88. The third-order valence-electron chi connectivity index (χ3n) is 3.44. The number of rotatable bonds is 2. The molecule has 0 radical (unpaired) electrons. The first-order chi connectivity index (χ1) is 9.25. The maximum atomic E-state index is 12.2. The van der Waals surface area contributed by atoms with Crippen LogP contribution in [0.5, 0.6) is 0 Å². The molecule has 3 heteroatoms. The molecule has 0 spiro atoms. The molecule has 108 valence electrons. The first-order valence-corrected chi connectivity index (χ1v) is 6.77. The molecule has 1 atom stereocenters. The van der Waals surface area contributed by atoms with Gasteiger partial charge in [0, 0.05) is 17.2 Å². The predicted molar refractivity (Wildman–Crippen MR) is 81.5 cm³/mol. The zero-order chi connectivity index (χ0) is 15.3. The number of aliphatic hydroxyl groups is 1. The van der Waals surface area contributed by atoms with Crippen molar-refractivity contribution in [3.63, 3.8) is 0 Å². The smallest absolute Gasteiger partial charge is 0.251 e. The topological polar surface area (TPSA) is 49.3 Å². The summed E-state index contributed by atoms with van der Waals surface area (Å²) < 4.78 is 0. The Bertz CT molecular complexity index is 544. The lowest BCUT2D eigenvalue weighted by molar-refractivity contribution is 0.0910. The molecule has 1 aromatic rings. The van der Waals surface area contributed by atoms with Gasteiger partial charge in [-0.2, -0.15) is 0 Å². The molecule has 3 nitrogen and oxygen atoms in total. The largest absolute Gasteiger partial charge is 0.384 e. The van der Waals surface area contributed by atoms with Crippen molar-refractivity contribution in [2.75, 3.05) is 6.61 Å². The standard InChI is InChI=1S/C17H23NO2/c1-12-11-15(9-8-14(12)7-6-10-19)16(20)18-13(2)17(3,4)5/h8-9,11,13,19H,10H2,1-5H3,(H,18,20). The van der Waals surface area contributed by atoms with Crippen LogP contribution in [0, 0.1) is 24.2 Å². The summed E-state index contributed by atoms with van der Waals surface area (Å²) in [4.78, 5) is 12.2. The van der Waals surface area contributed by atoms with E-state index in [1.807, 2.05) is 26.0 Å². The van der Waals surface area contributed by atoms with Crippen molar-refractivity contribution < 1.29 is 9.90 Å². The van der Waals surface area contributed by atoms with Crippen molar-refractivity contribution in [2.45, 2.75) is 40.7 Å². The fourth-order valence-corrected chi connectivity index (χ4v) is 1.58. The summed E-state index contributed by atoms with van der Waals surface area (Å²) >= 11 is 0. The van der Waals surface area contributed by atoms with Crippen molar-refractivity contribution in [3.05, 3.63) is 34.9 Å². The van der Waals surface area contributed by atoms with Crippen LogP contribution in [0.4, 0.5) is 0 Å². The van der Waals surface area contributed by atoms with E-state index in [9.17, 15) is 4.79 Å². The average Bonchev–Trinajstić information content (AvgIpc) is 2.36. The van der Waals surface area contributed by atoms with E-state index < -0.39 is 0 Å². The molecule has 0 bridgehead atoms. The number of aliphatic hydroxyl groups excluding tert-OH is 1. The second kappa shape index (κ2) is 6.58.